The summed E-state index contributed by atoms with van der Waals surface area (Å²) in [6.45, 7) is 8.21. The number of hydrogen-bond donors (Lipinski definition) is 0. The summed E-state index contributed by atoms with van der Waals surface area (Å²) in [4.78, 5) is 0. The maximum absolute atomic E-state index is 5.45. The van der Waals surface area contributed by atoms with Gasteiger partial charge in [-0.05, 0) is 76.4 Å². The zero-order chi connectivity index (χ0) is 25.2. The molecule has 4 rings (SSSR count). The number of aromatic nitrogens is 4. The number of imidazole rings is 2. The topological polar surface area (TPSA) is 19.7 Å². The van der Waals surface area contributed by atoms with Crippen LogP contribution in [0.4, 0.5) is 0 Å². The molecule has 2 aromatic carbocycles. The normalized spacial score (nSPS) is 10.7. The fraction of sp³-hybridized carbons (Fsp3) is 0.250. The van der Waals surface area contributed by atoms with E-state index >= 15 is 0 Å². The third kappa shape index (κ3) is 6.15. The Hall–Kier alpha value is -1.33. The molecule has 0 spiro atoms. The standard InChI is InChI=1S/2C12H14N2S3.Ni/c2*1-8(2)13-10(15)11(16)14(12(13)17)9-6-4-3-5-7-9;/h2*3-8,15-16H,1-2H3;/p-4. The SMILES string of the molecule is CC(C)n1c([S-])c([S-])n(-c2ccccc2)c1=S.CC(C)n1c([S-])c([S-])n(-c2ccccc2)c1=S.[Ni]. The Morgan fingerprint density at radius 1 is 0.543 bits per heavy atom. The summed E-state index contributed by atoms with van der Waals surface area (Å²) < 4.78 is 8.88. The molecule has 0 amide bonds. The molecule has 0 aliphatic heterocycles. The molecule has 0 aliphatic rings. The Morgan fingerprint density at radius 2 is 0.829 bits per heavy atom. The fourth-order valence-electron chi connectivity index (χ4n) is 3.48. The molecule has 0 atom stereocenters. The third-order valence-electron chi connectivity index (χ3n) is 5.07. The van der Waals surface area contributed by atoms with Crippen LogP contribution in [0.25, 0.3) is 11.4 Å². The van der Waals surface area contributed by atoms with E-state index in [1.807, 2.05) is 78.9 Å². The third-order valence-corrected chi connectivity index (χ3v) is 7.61. The van der Waals surface area contributed by atoms with E-state index in [1.54, 1.807) is 0 Å². The van der Waals surface area contributed by atoms with Gasteiger partial charge in [-0.2, -0.15) is 0 Å². The average Bonchev–Trinajstić information content (AvgIpc) is 3.17. The quantitative estimate of drug-likeness (QED) is 0.141. The van der Waals surface area contributed by atoms with Crippen molar-refractivity contribution in [3.8, 4) is 11.4 Å². The Kier molecular flexibility index (Phi) is 10.9. The van der Waals surface area contributed by atoms with Crippen LogP contribution < -0.4 is 0 Å². The van der Waals surface area contributed by atoms with Crippen LogP contribution in [0.5, 0.6) is 0 Å². The largest absolute Gasteiger partial charge is 0.762 e. The molecule has 0 radical (unpaired) electrons. The minimum absolute atomic E-state index is 0. The fourth-order valence-corrected chi connectivity index (χ4v) is 6.07. The van der Waals surface area contributed by atoms with E-state index in [0.29, 0.717) is 29.6 Å². The minimum Gasteiger partial charge on any atom is -0.762 e. The predicted molar refractivity (Wildman–Crippen MR) is 152 cm³/mol. The number of para-hydroxylation sites is 2. The van der Waals surface area contributed by atoms with Crippen molar-refractivity contribution in [3.05, 3.63) is 70.2 Å². The van der Waals surface area contributed by atoms with E-state index in [4.69, 9.17) is 75.0 Å². The van der Waals surface area contributed by atoms with Crippen molar-refractivity contribution >= 4 is 75.0 Å². The van der Waals surface area contributed by atoms with Gasteiger partial charge in [0.15, 0.2) is 9.54 Å². The van der Waals surface area contributed by atoms with Crippen LogP contribution in [-0.2, 0) is 67.0 Å². The molecule has 2 heterocycles. The summed E-state index contributed by atoms with van der Waals surface area (Å²) in [5.41, 5.74) is 1.93. The second-order valence-corrected chi connectivity index (χ2v) is 10.3. The molecular formula is C24H24N4NiS6-4. The van der Waals surface area contributed by atoms with Crippen LogP contribution in [0.15, 0.2) is 80.8 Å². The van der Waals surface area contributed by atoms with E-state index in [1.165, 1.54) is 0 Å². The number of hydrogen-bond acceptors (Lipinski definition) is 6. The van der Waals surface area contributed by atoms with Crippen molar-refractivity contribution in [2.75, 3.05) is 0 Å². The smallest absolute Gasteiger partial charge is 0.181 e. The van der Waals surface area contributed by atoms with Crippen LogP contribution in [0.3, 0.4) is 0 Å². The molecule has 0 saturated heterocycles. The minimum atomic E-state index is 0. The first kappa shape index (κ1) is 29.9. The maximum Gasteiger partial charge on any atom is 0.181 e. The molecule has 11 heteroatoms. The van der Waals surface area contributed by atoms with E-state index in [2.05, 4.69) is 27.7 Å². The molecular weight excluding hydrogens is 595 g/mol. The summed E-state index contributed by atoms with van der Waals surface area (Å²) in [5.74, 6) is 0. The monoisotopic (exact) mass is 618 g/mol. The molecule has 35 heavy (non-hydrogen) atoms. The van der Waals surface area contributed by atoms with Gasteiger partial charge in [-0.1, -0.05) is 36.4 Å². The van der Waals surface area contributed by atoms with Gasteiger partial charge in [0.25, 0.3) is 0 Å². The second kappa shape index (κ2) is 12.8. The average molecular weight is 620 g/mol. The van der Waals surface area contributed by atoms with E-state index in [9.17, 15) is 0 Å². The molecule has 0 bridgehead atoms. The number of nitrogens with zero attached hydrogens (tertiary/aromatic N) is 4. The van der Waals surface area contributed by atoms with Crippen molar-refractivity contribution in [3.63, 3.8) is 0 Å². The first-order valence-corrected chi connectivity index (χ1v) is 13.1. The first-order chi connectivity index (χ1) is 16.1. The van der Waals surface area contributed by atoms with Crippen LogP contribution in [0.2, 0.25) is 0 Å². The molecule has 0 aliphatic carbocycles. The van der Waals surface area contributed by atoms with Crippen molar-refractivity contribution < 1.29 is 16.5 Å². The zero-order valence-corrected chi connectivity index (χ0v) is 25.4. The Bertz CT molecular complexity index is 1280. The van der Waals surface area contributed by atoms with Crippen LogP contribution >= 0.6 is 24.4 Å². The predicted octanol–water partition coefficient (Wildman–Crippen LogP) is 6.80. The van der Waals surface area contributed by atoms with Crippen LogP contribution in [0, 0.1) is 9.54 Å². The molecule has 190 valence electrons. The number of rotatable bonds is 4. The van der Waals surface area contributed by atoms with Gasteiger partial charge < -0.3 is 68.8 Å². The van der Waals surface area contributed by atoms with Gasteiger partial charge in [0.1, 0.15) is 0 Å². The maximum atomic E-state index is 5.45. The first-order valence-electron chi connectivity index (χ1n) is 10.6. The van der Waals surface area contributed by atoms with Gasteiger partial charge in [-0.15, -0.1) is 20.1 Å². The number of benzene rings is 2. The van der Waals surface area contributed by atoms with E-state index < -0.39 is 0 Å². The van der Waals surface area contributed by atoms with Gasteiger partial charge in [-0.3, -0.25) is 0 Å². The van der Waals surface area contributed by atoms with E-state index in [0.717, 1.165) is 11.4 Å². The van der Waals surface area contributed by atoms with Gasteiger partial charge in [-0.25, -0.2) is 0 Å². The van der Waals surface area contributed by atoms with Crippen molar-refractivity contribution in [2.45, 2.75) is 59.9 Å². The summed E-state index contributed by atoms with van der Waals surface area (Å²) in [6.07, 6.45) is 0. The molecule has 4 aromatic rings. The molecule has 0 N–H and O–H groups in total. The van der Waals surface area contributed by atoms with Crippen molar-refractivity contribution in [2.24, 2.45) is 0 Å². The van der Waals surface area contributed by atoms with Gasteiger partial charge in [0, 0.05) is 39.9 Å². The van der Waals surface area contributed by atoms with Crippen molar-refractivity contribution in [1.29, 1.82) is 0 Å². The summed E-state index contributed by atoms with van der Waals surface area (Å²) in [5, 5.41) is 2.52. The molecule has 2 aromatic heterocycles. The molecule has 4 nitrogen and oxygen atoms in total. The Morgan fingerprint density at radius 3 is 1.06 bits per heavy atom. The van der Waals surface area contributed by atoms with Crippen LogP contribution in [-0.4, -0.2) is 18.3 Å². The summed E-state index contributed by atoms with van der Waals surface area (Å²) in [7, 11) is 0. The van der Waals surface area contributed by atoms with Crippen LogP contribution in [0.1, 0.15) is 39.8 Å². The molecule has 0 unspecified atom stereocenters. The summed E-state index contributed by atoms with van der Waals surface area (Å²) >= 11 is 32.3. The van der Waals surface area contributed by atoms with Gasteiger partial charge in [0.05, 0.1) is 0 Å². The molecule has 0 saturated carbocycles. The second-order valence-electron chi connectivity index (χ2n) is 8.06. The molecule has 0 fully saturated rings. The Labute approximate surface area is 249 Å². The van der Waals surface area contributed by atoms with Crippen molar-refractivity contribution in [1.82, 2.24) is 18.3 Å². The summed E-state index contributed by atoms with van der Waals surface area (Å²) in [6, 6.07) is 20.1. The Balaban J connectivity index is 0.000000240. The van der Waals surface area contributed by atoms with Gasteiger partial charge in [0.2, 0.25) is 0 Å². The van der Waals surface area contributed by atoms with Gasteiger partial charge >= 0.3 is 0 Å². The zero-order valence-electron chi connectivity index (χ0n) is 19.5. The van der Waals surface area contributed by atoms with E-state index in [-0.39, 0.29) is 28.6 Å².